The molecule has 7 heteroatoms. The number of ether oxygens (including phenoxy) is 1. The zero-order valence-electron chi connectivity index (χ0n) is 10.6. The Labute approximate surface area is 110 Å². The van der Waals surface area contributed by atoms with E-state index in [4.69, 9.17) is 10.00 Å². The van der Waals surface area contributed by atoms with Crippen molar-refractivity contribution in [2.24, 2.45) is 0 Å². The van der Waals surface area contributed by atoms with E-state index in [9.17, 15) is 14.9 Å². The molecule has 1 aromatic rings. The van der Waals surface area contributed by atoms with Crippen molar-refractivity contribution in [1.29, 1.82) is 5.26 Å². The molecule has 0 saturated carbocycles. The fraction of sp³-hybridized carbons (Fsp3) is 0.333. The van der Waals surface area contributed by atoms with E-state index in [-0.39, 0.29) is 29.5 Å². The first-order valence-corrected chi connectivity index (χ1v) is 5.53. The van der Waals surface area contributed by atoms with Crippen LogP contribution in [0.5, 0.6) is 5.75 Å². The lowest BCUT2D eigenvalue weighted by Crippen LogP contribution is -2.31. The first-order chi connectivity index (χ1) is 9.04. The fourth-order valence-corrected chi connectivity index (χ4v) is 1.56. The van der Waals surface area contributed by atoms with Crippen molar-refractivity contribution >= 4 is 11.6 Å². The number of nitrogens with zero attached hydrogens (tertiary/aromatic N) is 3. The molecular formula is C12H13N3O4. The van der Waals surface area contributed by atoms with E-state index in [1.165, 1.54) is 30.2 Å². The van der Waals surface area contributed by atoms with Gasteiger partial charge in [-0.1, -0.05) is 0 Å². The minimum atomic E-state index is -0.583. The summed E-state index contributed by atoms with van der Waals surface area (Å²) >= 11 is 0. The smallest absolute Gasteiger partial charge is 0.310 e. The van der Waals surface area contributed by atoms with Crippen LogP contribution >= 0.6 is 0 Å². The molecule has 100 valence electrons. The van der Waals surface area contributed by atoms with Gasteiger partial charge in [0.15, 0.2) is 5.75 Å². The van der Waals surface area contributed by atoms with Crippen LogP contribution in [0.25, 0.3) is 0 Å². The lowest BCUT2D eigenvalue weighted by molar-refractivity contribution is -0.385. The molecule has 1 amide bonds. The Kier molecular flexibility index (Phi) is 4.83. The molecule has 1 rings (SSSR count). The normalized spacial score (nSPS) is 9.53. The second-order valence-corrected chi connectivity index (χ2v) is 3.62. The number of rotatable bonds is 5. The second-order valence-electron chi connectivity index (χ2n) is 3.62. The molecule has 0 aliphatic rings. The minimum Gasteiger partial charge on any atom is -0.490 e. The third kappa shape index (κ3) is 3.19. The maximum absolute atomic E-state index is 12.1. The molecule has 0 unspecified atom stereocenters. The molecule has 19 heavy (non-hydrogen) atoms. The van der Waals surface area contributed by atoms with Crippen LogP contribution in [0.1, 0.15) is 17.3 Å². The Morgan fingerprint density at radius 3 is 2.74 bits per heavy atom. The van der Waals surface area contributed by atoms with Gasteiger partial charge in [-0.05, 0) is 13.0 Å². The van der Waals surface area contributed by atoms with E-state index in [0.29, 0.717) is 6.54 Å². The Hall–Kier alpha value is -2.62. The maximum Gasteiger partial charge on any atom is 0.310 e. The van der Waals surface area contributed by atoms with E-state index in [2.05, 4.69) is 0 Å². The van der Waals surface area contributed by atoms with Gasteiger partial charge in [0.05, 0.1) is 18.1 Å². The van der Waals surface area contributed by atoms with E-state index in [1.54, 1.807) is 6.92 Å². The number of amides is 1. The molecule has 0 heterocycles. The number of nitro groups is 1. The van der Waals surface area contributed by atoms with E-state index in [1.807, 2.05) is 6.07 Å². The Morgan fingerprint density at radius 2 is 2.26 bits per heavy atom. The minimum absolute atomic E-state index is 0.0175. The molecular weight excluding hydrogens is 250 g/mol. The summed E-state index contributed by atoms with van der Waals surface area (Å²) in [5.41, 5.74) is 0.0435. The van der Waals surface area contributed by atoms with E-state index >= 15 is 0 Å². The Balaban J connectivity index is 3.12. The molecule has 0 saturated heterocycles. The fourth-order valence-electron chi connectivity index (χ4n) is 1.56. The van der Waals surface area contributed by atoms with Crippen LogP contribution in [0, 0.1) is 21.4 Å². The Bertz CT molecular complexity index is 536. The second kappa shape index (κ2) is 6.35. The Morgan fingerprint density at radius 1 is 1.58 bits per heavy atom. The third-order valence-corrected chi connectivity index (χ3v) is 2.55. The monoisotopic (exact) mass is 263 g/mol. The summed E-state index contributed by atoms with van der Waals surface area (Å²) in [4.78, 5) is 23.6. The molecule has 0 spiro atoms. The van der Waals surface area contributed by atoms with Gasteiger partial charge in [-0.2, -0.15) is 5.26 Å². The van der Waals surface area contributed by atoms with Crippen LogP contribution in [0.4, 0.5) is 5.69 Å². The first-order valence-electron chi connectivity index (χ1n) is 5.53. The van der Waals surface area contributed by atoms with E-state index < -0.39 is 4.92 Å². The zero-order valence-corrected chi connectivity index (χ0v) is 10.6. The number of methoxy groups -OCH3 is 1. The molecule has 0 N–H and O–H groups in total. The summed E-state index contributed by atoms with van der Waals surface area (Å²) in [5.74, 6) is -0.346. The van der Waals surface area contributed by atoms with Gasteiger partial charge in [-0.25, -0.2) is 0 Å². The van der Waals surface area contributed by atoms with Crippen molar-refractivity contribution in [2.75, 3.05) is 20.2 Å². The summed E-state index contributed by atoms with van der Waals surface area (Å²) < 4.78 is 4.89. The van der Waals surface area contributed by atoms with Gasteiger partial charge in [0.2, 0.25) is 0 Å². The standard InChI is InChI=1S/C12H13N3O4/c1-3-14(7-6-13)12(16)9-4-5-10(15(17)18)11(8-9)19-2/h4-5,8H,3,7H2,1-2H3. The topological polar surface area (TPSA) is 96.5 Å². The largest absolute Gasteiger partial charge is 0.490 e. The number of nitro benzene ring substituents is 1. The van der Waals surface area contributed by atoms with Crippen LogP contribution in [-0.2, 0) is 0 Å². The average molecular weight is 263 g/mol. The van der Waals surface area contributed by atoms with Gasteiger partial charge in [-0.15, -0.1) is 0 Å². The molecule has 0 radical (unpaired) electrons. The number of nitriles is 1. The summed E-state index contributed by atoms with van der Waals surface area (Å²) in [6, 6.07) is 5.76. The lowest BCUT2D eigenvalue weighted by Gasteiger charge is -2.17. The average Bonchev–Trinajstić information content (AvgIpc) is 2.43. The maximum atomic E-state index is 12.1. The third-order valence-electron chi connectivity index (χ3n) is 2.55. The highest BCUT2D eigenvalue weighted by Gasteiger charge is 2.20. The number of hydrogen-bond donors (Lipinski definition) is 0. The first kappa shape index (κ1) is 14.4. The molecule has 0 atom stereocenters. The van der Waals surface area contributed by atoms with Crippen LogP contribution in [0.3, 0.4) is 0 Å². The van der Waals surface area contributed by atoms with Crippen LogP contribution in [0.15, 0.2) is 18.2 Å². The van der Waals surface area contributed by atoms with Gasteiger partial charge >= 0.3 is 5.69 Å². The highest BCUT2D eigenvalue weighted by atomic mass is 16.6. The zero-order chi connectivity index (χ0) is 14.4. The molecule has 0 aliphatic carbocycles. The van der Waals surface area contributed by atoms with E-state index in [0.717, 1.165) is 0 Å². The summed E-state index contributed by atoms with van der Waals surface area (Å²) in [7, 11) is 1.30. The number of carbonyl (C=O) groups excluding carboxylic acids is 1. The predicted octanol–water partition coefficient (Wildman–Crippen LogP) is 1.59. The van der Waals surface area contributed by atoms with Gasteiger partial charge in [0.1, 0.15) is 6.54 Å². The molecule has 0 aromatic heterocycles. The number of carbonyl (C=O) groups is 1. The van der Waals surface area contributed by atoms with Crippen molar-refractivity contribution in [3.63, 3.8) is 0 Å². The van der Waals surface area contributed by atoms with Gasteiger partial charge in [-0.3, -0.25) is 14.9 Å². The lowest BCUT2D eigenvalue weighted by atomic mass is 10.1. The van der Waals surface area contributed by atoms with Crippen molar-refractivity contribution in [3.8, 4) is 11.8 Å². The summed E-state index contributed by atoms with van der Waals surface area (Å²) in [5, 5.41) is 19.4. The molecule has 0 bridgehead atoms. The quantitative estimate of drug-likeness (QED) is 0.456. The summed E-state index contributed by atoms with van der Waals surface area (Å²) in [6.07, 6.45) is 0. The van der Waals surface area contributed by atoms with Crippen LogP contribution in [-0.4, -0.2) is 35.9 Å². The van der Waals surface area contributed by atoms with Crippen LogP contribution in [0.2, 0.25) is 0 Å². The van der Waals surface area contributed by atoms with Gasteiger partial charge in [0.25, 0.3) is 5.91 Å². The van der Waals surface area contributed by atoms with Crippen molar-refractivity contribution in [1.82, 2.24) is 4.90 Å². The molecule has 7 nitrogen and oxygen atoms in total. The molecule has 0 aliphatic heterocycles. The van der Waals surface area contributed by atoms with Crippen LogP contribution < -0.4 is 4.74 Å². The van der Waals surface area contributed by atoms with Gasteiger partial charge in [0, 0.05) is 24.2 Å². The number of benzene rings is 1. The SMILES string of the molecule is CCN(CC#N)C(=O)c1ccc([N+](=O)[O-])c(OC)c1. The van der Waals surface area contributed by atoms with Crippen molar-refractivity contribution in [2.45, 2.75) is 6.92 Å². The molecule has 1 aromatic carbocycles. The van der Waals surface area contributed by atoms with Crippen molar-refractivity contribution < 1.29 is 14.5 Å². The number of hydrogen-bond acceptors (Lipinski definition) is 5. The highest BCUT2D eigenvalue weighted by Crippen LogP contribution is 2.27. The van der Waals surface area contributed by atoms with Crippen molar-refractivity contribution in [3.05, 3.63) is 33.9 Å². The molecule has 0 fully saturated rings. The summed E-state index contributed by atoms with van der Waals surface area (Å²) in [6.45, 7) is 2.10. The predicted molar refractivity (Wildman–Crippen MR) is 66.8 cm³/mol. The van der Waals surface area contributed by atoms with Gasteiger partial charge < -0.3 is 9.64 Å². The highest BCUT2D eigenvalue weighted by molar-refractivity contribution is 5.95.